The minimum absolute atomic E-state index is 0.287. The smallest absolute Gasteiger partial charge is 0.339 e. The molecule has 3 rings (SSSR count). The lowest BCUT2D eigenvalue weighted by molar-refractivity contribution is 0.0600. The maximum Gasteiger partial charge on any atom is 0.339 e. The van der Waals surface area contributed by atoms with Gasteiger partial charge in [0.1, 0.15) is 11.5 Å². The van der Waals surface area contributed by atoms with E-state index in [9.17, 15) is 9.18 Å². The Labute approximate surface area is 114 Å². The van der Waals surface area contributed by atoms with E-state index in [1.54, 1.807) is 41.1 Å². The van der Waals surface area contributed by atoms with E-state index in [1.807, 2.05) is 0 Å². The fourth-order valence-electron chi connectivity index (χ4n) is 1.99. The molecule has 5 heteroatoms. The van der Waals surface area contributed by atoms with Crippen molar-refractivity contribution >= 4 is 11.6 Å². The molecule has 0 atom stereocenters. The average Bonchev–Trinajstić information content (AvgIpc) is 2.90. The Morgan fingerprint density at radius 1 is 1.15 bits per heavy atom. The quantitative estimate of drug-likeness (QED) is 0.672. The molecule has 3 aromatic rings. The highest BCUT2D eigenvalue weighted by Gasteiger charge is 2.09. The summed E-state index contributed by atoms with van der Waals surface area (Å²) in [7, 11) is 1.34. The van der Waals surface area contributed by atoms with E-state index in [1.165, 1.54) is 19.2 Å². The molecule has 0 fully saturated rings. The molecule has 0 N–H and O–H groups in total. The molecular weight excluding hydrogens is 259 g/mol. The molecule has 2 heterocycles. The lowest BCUT2D eigenvalue weighted by Crippen LogP contribution is -2.02. The summed E-state index contributed by atoms with van der Waals surface area (Å²) in [5.41, 5.74) is 2.68. The number of hydrogen-bond donors (Lipinski definition) is 0. The summed E-state index contributed by atoms with van der Waals surface area (Å²) in [4.78, 5) is 15.9. The van der Waals surface area contributed by atoms with E-state index in [0.29, 0.717) is 16.9 Å². The lowest BCUT2D eigenvalue weighted by Gasteiger charge is -1.99. The number of carbonyl (C=O) groups excluding carboxylic acids is 1. The fraction of sp³-hybridized carbons (Fsp3) is 0.0667. The van der Waals surface area contributed by atoms with Crippen molar-refractivity contribution in [1.29, 1.82) is 0 Å². The molecule has 2 aromatic heterocycles. The fourth-order valence-corrected chi connectivity index (χ4v) is 1.99. The van der Waals surface area contributed by atoms with Gasteiger partial charge in [0.15, 0.2) is 0 Å². The summed E-state index contributed by atoms with van der Waals surface area (Å²) >= 11 is 0. The second-order valence-corrected chi connectivity index (χ2v) is 4.31. The number of esters is 1. The van der Waals surface area contributed by atoms with Crippen LogP contribution < -0.4 is 0 Å². The molecular formula is C15H11FN2O2. The molecule has 0 spiro atoms. The Bertz CT molecular complexity index is 778. The number of aromatic nitrogens is 2. The molecule has 0 aliphatic carbocycles. The van der Waals surface area contributed by atoms with E-state index >= 15 is 0 Å². The minimum Gasteiger partial charge on any atom is -0.465 e. The van der Waals surface area contributed by atoms with Crippen LogP contribution in [0.2, 0.25) is 0 Å². The topological polar surface area (TPSA) is 43.6 Å². The molecule has 20 heavy (non-hydrogen) atoms. The number of halogens is 1. The molecule has 0 saturated heterocycles. The van der Waals surface area contributed by atoms with Crippen LogP contribution in [0.4, 0.5) is 4.39 Å². The first kappa shape index (κ1) is 12.3. The van der Waals surface area contributed by atoms with Crippen molar-refractivity contribution in [2.75, 3.05) is 7.11 Å². The van der Waals surface area contributed by atoms with Gasteiger partial charge in [-0.1, -0.05) is 0 Å². The van der Waals surface area contributed by atoms with Crippen molar-refractivity contribution in [1.82, 2.24) is 9.38 Å². The van der Waals surface area contributed by atoms with Gasteiger partial charge in [0.05, 0.1) is 18.4 Å². The zero-order valence-electron chi connectivity index (χ0n) is 10.7. The minimum atomic E-state index is -0.399. The van der Waals surface area contributed by atoms with Crippen molar-refractivity contribution in [3.8, 4) is 11.3 Å². The number of fused-ring (bicyclic) bond motifs is 1. The Balaban J connectivity index is 2.06. The first-order chi connectivity index (χ1) is 9.67. The summed E-state index contributed by atoms with van der Waals surface area (Å²) in [6.07, 6.45) is 3.44. The Morgan fingerprint density at radius 2 is 1.90 bits per heavy atom. The first-order valence-corrected chi connectivity index (χ1v) is 6.00. The molecule has 0 radical (unpaired) electrons. The van der Waals surface area contributed by atoms with Gasteiger partial charge in [-0.3, -0.25) is 0 Å². The third-order valence-electron chi connectivity index (χ3n) is 3.01. The van der Waals surface area contributed by atoms with Crippen molar-refractivity contribution in [3.63, 3.8) is 0 Å². The molecule has 0 bridgehead atoms. The van der Waals surface area contributed by atoms with Crippen molar-refractivity contribution in [2.24, 2.45) is 0 Å². The van der Waals surface area contributed by atoms with Crippen LogP contribution >= 0.6 is 0 Å². The number of pyridine rings is 1. The number of methoxy groups -OCH3 is 1. The Kier molecular flexibility index (Phi) is 2.95. The van der Waals surface area contributed by atoms with Crippen LogP contribution in [-0.4, -0.2) is 22.5 Å². The number of imidazole rings is 1. The molecule has 0 aliphatic rings. The number of rotatable bonds is 2. The van der Waals surface area contributed by atoms with Crippen LogP contribution in [0.3, 0.4) is 0 Å². The summed E-state index contributed by atoms with van der Waals surface area (Å²) in [6, 6.07) is 9.50. The van der Waals surface area contributed by atoms with E-state index in [2.05, 4.69) is 9.72 Å². The van der Waals surface area contributed by atoms with Crippen LogP contribution in [0, 0.1) is 5.82 Å². The maximum absolute atomic E-state index is 12.9. The molecule has 0 amide bonds. The number of ether oxygens (including phenoxy) is 1. The van der Waals surface area contributed by atoms with E-state index < -0.39 is 5.97 Å². The normalized spacial score (nSPS) is 10.7. The van der Waals surface area contributed by atoms with Crippen LogP contribution in [0.25, 0.3) is 16.9 Å². The third-order valence-corrected chi connectivity index (χ3v) is 3.01. The largest absolute Gasteiger partial charge is 0.465 e. The number of nitrogens with zero attached hydrogens (tertiary/aromatic N) is 2. The third kappa shape index (κ3) is 2.14. The second kappa shape index (κ2) is 4.77. The molecule has 0 unspecified atom stereocenters. The van der Waals surface area contributed by atoms with Crippen LogP contribution in [-0.2, 0) is 4.74 Å². The summed E-state index contributed by atoms with van der Waals surface area (Å²) in [5, 5.41) is 0. The molecule has 0 saturated carbocycles. The van der Waals surface area contributed by atoms with Gasteiger partial charge in [-0.15, -0.1) is 0 Å². The monoisotopic (exact) mass is 270 g/mol. The highest BCUT2D eigenvalue weighted by molar-refractivity contribution is 5.89. The highest BCUT2D eigenvalue weighted by Crippen LogP contribution is 2.20. The highest BCUT2D eigenvalue weighted by atomic mass is 19.1. The van der Waals surface area contributed by atoms with E-state index in [-0.39, 0.29) is 5.82 Å². The molecule has 1 aromatic carbocycles. The van der Waals surface area contributed by atoms with Gasteiger partial charge in [0.25, 0.3) is 0 Å². The van der Waals surface area contributed by atoms with Crippen LogP contribution in [0.1, 0.15) is 10.4 Å². The van der Waals surface area contributed by atoms with E-state index in [0.717, 1.165) is 5.56 Å². The van der Waals surface area contributed by atoms with Gasteiger partial charge >= 0.3 is 5.97 Å². The van der Waals surface area contributed by atoms with Gasteiger partial charge in [-0.05, 0) is 36.4 Å². The Hall–Kier alpha value is -2.69. The van der Waals surface area contributed by atoms with Crippen LogP contribution in [0.15, 0.2) is 48.8 Å². The number of carbonyl (C=O) groups is 1. The number of hydrogen-bond acceptors (Lipinski definition) is 3. The van der Waals surface area contributed by atoms with Crippen molar-refractivity contribution in [2.45, 2.75) is 0 Å². The van der Waals surface area contributed by atoms with Gasteiger partial charge in [-0.25, -0.2) is 14.2 Å². The zero-order chi connectivity index (χ0) is 14.1. The van der Waals surface area contributed by atoms with Crippen molar-refractivity contribution in [3.05, 3.63) is 60.2 Å². The summed E-state index contributed by atoms with van der Waals surface area (Å²) in [5.74, 6) is -0.686. The van der Waals surface area contributed by atoms with E-state index in [4.69, 9.17) is 0 Å². The van der Waals surface area contributed by atoms with Crippen LogP contribution in [0.5, 0.6) is 0 Å². The predicted octanol–water partition coefficient (Wildman–Crippen LogP) is 2.93. The summed E-state index contributed by atoms with van der Waals surface area (Å²) < 4.78 is 19.3. The van der Waals surface area contributed by atoms with Crippen molar-refractivity contribution < 1.29 is 13.9 Å². The average molecular weight is 270 g/mol. The van der Waals surface area contributed by atoms with Gasteiger partial charge < -0.3 is 9.14 Å². The standard InChI is InChI=1S/C15H11FN2O2/c1-20-15(19)11-4-7-14-17-13(9-18(14)8-11)10-2-5-12(16)6-3-10/h2-9H,1H3. The number of benzene rings is 1. The second-order valence-electron chi connectivity index (χ2n) is 4.31. The lowest BCUT2D eigenvalue weighted by atomic mass is 10.2. The van der Waals surface area contributed by atoms with Gasteiger partial charge in [-0.2, -0.15) is 0 Å². The molecule has 0 aliphatic heterocycles. The SMILES string of the molecule is COC(=O)c1ccc2nc(-c3ccc(F)cc3)cn2c1. The molecule has 4 nitrogen and oxygen atoms in total. The van der Waals surface area contributed by atoms with Gasteiger partial charge in [0, 0.05) is 18.0 Å². The predicted molar refractivity (Wildman–Crippen MR) is 71.9 cm³/mol. The zero-order valence-corrected chi connectivity index (χ0v) is 10.7. The summed E-state index contributed by atoms with van der Waals surface area (Å²) in [6.45, 7) is 0. The Morgan fingerprint density at radius 3 is 2.60 bits per heavy atom. The first-order valence-electron chi connectivity index (χ1n) is 6.00. The maximum atomic E-state index is 12.9. The van der Waals surface area contributed by atoms with Gasteiger partial charge in [0.2, 0.25) is 0 Å². The molecule has 100 valence electrons.